The fraction of sp³-hybridized carbons (Fsp3) is 0.333. The average Bonchev–Trinajstić information content (AvgIpc) is 2.02. The van der Waals surface area contributed by atoms with Crippen LogP contribution in [0.25, 0.3) is 0 Å². The lowest BCUT2D eigenvalue weighted by Crippen LogP contribution is -1.78. The first-order valence-electron chi connectivity index (χ1n) is 3.65. The second-order valence-corrected chi connectivity index (χ2v) is 1.93. The summed E-state index contributed by atoms with van der Waals surface area (Å²) in [4.78, 5) is 0. The maximum absolute atomic E-state index is 12.4. The van der Waals surface area contributed by atoms with Crippen LogP contribution in [0.2, 0.25) is 0 Å². The molecule has 0 aliphatic heterocycles. The van der Waals surface area contributed by atoms with Gasteiger partial charge >= 0.3 is 0 Å². The molecule has 0 saturated heterocycles. The molecule has 0 saturated carbocycles. The Morgan fingerprint density at radius 2 is 1.82 bits per heavy atom. The molecule has 1 nitrogen and oxygen atoms in total. The zero-order chi connectivity index (χ0) is 8.85. The van der Waals surface area contributed by atoms with Gasteiger partial charge in [0.05, 0.1) is 0 Å². The van der Waals surface area contributed by atoms with Gasteiger partial charge in [-0.15, -0.1) is 0 Å². The Morgan fingerprint density at radius 3 is 2.18 bits per heavy atom. The smallest absolute Gasteiger partial charge is 0.126 e. The lowest BCUT2D eigenvalue weighted by Gasteiger charge is -1.94. The van der Waals surface area contributed by atoms with Crippen LogP contribution in [0.4, 0.5) is 4.39 Å². The summed E-state index contributed by atoms with van der Waals surface area (Å²) in [7, 11) is 0. The van der Waals surface area contributed by atoms with Crippen molar-refractivity contribution in [1.29, 1.82) is 0 Å². The van der Waals surface area contributed by atoms with E-state index in [2.05, 4.69) is 0 Å². The van der Waals surface area contributed by atoms with Crippen molar-refractivity contribution in [3.8, 4) is 5.75 Å². The van der Waals surface area contributed by atoms with E-state index in [0.717, 1.165) is 0 Å². The van der Waals surface area contributed by atoms with E-state index in [1.54, 1.807) is 6.92 Å². The number of phenolic OH excluding ortho intramolecular Hbond substituents is 1. The van der Waals surface area contributed by atoms with Crippen molar-refractivity contribution in [2.24, 2.45) is 0 Å². The minimum atomic E-state index is -0.284. The summed E-state index contributed by atoms with van der Waals surface area (Å²) in [5.74, 6) is -0.179. The van der Waals surface area contributed by atoms with E-state index in [1.807, 2.05) is 13.8 Å². The van der Waals surface area contributed by atoms with Crippen LogP contribution in [-0.2, 0) is 0 Å². The van der Waals surface area contributed by atoms with E-state index < -0.39 is 0 Å². The Kier molecular flexibility index (Phi) is 4.27. The SMILES string of the molecule is CC.Cc1cc(O)ccc1F. The molecule has 2 heteroatoms. The summed E-state index contributed by atoms with van der Waals surface area (Å²) >= 11 is 0. The molecule has 62 valence electrons. The van der Waals surface area contributed by atoms with Gasteiger partial charge in [-0.1, -0.05) is 13.8 Å². The summed E-state index contributed by atoms with van der Waals surface area (Å²) in [6.07, 6.45) is 0. The van der Waals surface area contributed by atoms with Crippen LogP contribution in [0, 0.1) is 12.7 Å². The van der Waals surface area contributed by atoms with Gasteiger partial charge in [0, 0.05) is 0 Å². The van der Waals surface area contributed by atoms with Gasteiger partial charge in [0.15, 0.2) is 0 Å². The van der Waals surface area contributed by atoms with Crippen molar-refractivity contribution in [1.82, 2.24) is 0 Å². The normalized spacial score (nSPS) is 8.36. The molecule has 0 fully saturated rings. The van der Waals surface area contributed by atoms with E-state index >= 15 is 0 Å². The first kappa shape index (κ1) is 9.95. The topological polar surface area (TPSA) is 20.2 Å². The summed E-state index contributed by atoms with van der Waals surface area (Å²) in [6.45, 7) is 5.61. The molecule has 0 bridgehead atoms. The van der Waals surface area contributed by atoms with Crippen LogP contribution in [0.5, 0.6) is 5.75 Å². The predicted molar refractivity (Wildman–Crippen MR) is 44.1 cm³/mol. The lowest BCUT2D eigenvalue weighted by molar-refractivity contribution is 0.472. The van der Waals surface area contributed by atoms with Gasteiger partial charge in [-0.3, -0.25) is 0 Å². The van der Waals surface area contributed by atoms with Crippen LogP contribution in [0.15, 0.2) is 18.2 Å². The first-order chi connectivity index (χ1) is 5.20. The highest BCUT2D eigenvalue weighted by atomic mass is 19.1. The number of rotatable bonds is 0. The zero-order valence-electron chi connectivity index (χ0n) is 7.06. The largest absolute Gasteiger partial charge is 0.508 e. The fourth-order valence-electron chi connectivity index (χ4n) is 0.629. The molecule has 1 aromatic rings. The third-order valence-corrected chi connectivity index (χ3v) is 1.14. The van der Waals surface area contributed by atoms with Crippen molar-refractivity contribution in [3.63, 3.8) is 0 Å². The van der Waals surface area contributed by atoms with Crippen LogP contribution >= 0.6 is 0 Å². The Hall–Kier alpha value is -1.05. The molecule has 0 aliphatic rings. The van der Waals surface area contributed by atoms with Crippen LogP contribution in [0.1, 0.15) is 19.4 Å². The van der Waals surface area contributed by atoms with E-state index in [1.165, 1.54) is 18.2 Å². The standard InChI is InChI=1S/C7H7FO.C2H6/c1-5-4-6(9)2-3-7(5)8;1-2/h2-4,9H,1H3;1-2H3. The number of hydrogen-bond acceptors (Lipinski definition) is 1. The molecule has 0 heterocycles. The van der Waals surface area contributed by atoms with Gasteiger partial charge < -0.3 is 5.11 Å². The average molecular weight is 156 g/mol. The summed E-state index contributed by atoms with van der Waals surface area (Å²) in [5.41, 5.74) is 0.468. The number of hydrogen-bond donors (Lipinski definition) is 1. The van der Waals surface area contributed by atoms with Gasteiger partial charge in [-0.2, -0.15) is 0 Å². The van der Waals surface area contributed by atoms with Crippen LogP contribution in [-0.4, -0.2) is 5.11 Å². The minimum Gasteiger partial charge on any atom is -0.508 e. The maximum atomic E-state index is 12.4. The summed E-state index contributed by atoms with van der Waals surface area (Å²) in [6, 6.07) is 3.95. The number of aromatic hydroxyl groups is 1. The highest BCUT2D eigenvalue weighted by Gasteiger charge is 1.94. The molecular weight excluding hydrogens is 143 g/mol. The predicted octanol–water partition coefficient (Wildman–Crippen LogP) is 2.87. The highest BCUT2D eigenvalue weighted by molar-refractivity contribution is 5.27. The van der Waals surface area contributed by atoms with Crippen LogP contribution < -0.4 is 0 Å². The monoisotopic (exact) mass is 156 g/mol. The maximum Gasteiger partial charge on any atom is 0.126 e. The fourth-order valence-corrected chi connectivity index (χ4v) is 0.629. The number of benzene rings is 1. The van der Waals surface area contributed by atoms with Gasteiger partial charge in [0.25, 0.3) is 0 Å². The molecule has 1 aromatic carbocycles. The molecule has 11 heavy (non-hydrogen) atoms. The minimum absolute atomic E-state index is 0.105. The molecule has 0 amide bonds. The number of aryl methyl sites for hydroxylation is 1. The van der Waals surface area contributed by atoms with E-state index in [9.17, 15) is 4.39 Å². The van der Waals surface area contributed by atoms with Crippen molar-refractivity contribution < 1.29 is 9.50 Å². The van der Waals surface area contributed by atoms with Gasteiger partial charge in [-0.25, -0.2) is 4.39 Å². The molecule has 0 aliphatic carbocycles. The van der Waals surface area contributed by atoms with Crippen molar-refractivity contribution >= 4 is 0 Å². The van der Waals surface area contributed by atoms with Crippen LogP contribution in [0.3, 0.4) is 0 Å². The second-order valence-electron chi connectivity index (χ2n) is 1.93. The highest BCUT2D eigenvalue weighted by Crippen LogP contribution is 2.13. The summed E-state index contributed by atoms with van der Waals surface area (Å²) < 4.78 is 12.4. The molecule has 0 radical (unpaired) electrons. The Morgan fingerprint density at radius 1 is 1.27 bits per heavy atom. The van der Waals surface area contributed by atoms with Gasteiger partial charge in [-0.05, 0) is 30.7 Å². The molecule has 1 rings (SSSR count). The van der Waals surface area contributed by atoms with Crippen molar-refractivity contribution in [2.45, 2.75) is 20.8 Å². The second kappa shape index (κ2) is 4.72. The van der Waals surface area contributed by atoms with Crippen molar-refractivity contribution in [3.05, 3.63) is 29.6 Å². The summed E-state index contributed by atoms with van der Waals surface area (Å²) in [5, 5.41) is 8.77. The van der Waals surface area contributed by atoms with E-state index in [0.29, 0.717) is 5.56 Å². The van der Waals surface area contributed by atoms with E-state index in [-0.39, 0.29) is 11.6 Å². The lowest BCUT2D eigenvalue weighted by atomic mass is 10.2. The van der Waals surface area contributed by atoms with Crippen molar-refractivity contribution in [2.75, 3.05) is 0 Å². The third-order valence-electron chi connectivity index (χ3n) is 1.14. The van der Waals surface area contributed by atoms with Gasteiger partial charge in [0.2, 0.25) is 0 Å². The molecule has 1 N–H and O–H groups in total. The molecule has 0 aromatic heterocycles. The zero-order valence-corrected chi connectivity index (χ0v) is 7.06. The Balaban J connectivity index is 0.000000461. The molecular formula is C9H13FO. The molecule has 0 unspecified atom stereocenters. The quantitative estimate of drug-likeness (QED) is 0.612. The number of phenols is 1. The molecule has 0 atom stereocenters. The van der Waals surface area contributed by atoms with E-state index in [4.69, 9.17) is 5.11 Å². The third kappa shape index (κ3) is 3.03. The Labute approximate surface area is 66.5 Å². The molecule has 0 spiro atoms. The Bertz CT molecular complexity index is 221. The first-order valence-corrected chi connectivity index (χ1v) is 3.65. The van der Waals surface area contributed by atoms with Gasteiger partial charge in [0.1, 0.15) is 11.6 Å². The number of halogens is 1.